The summed E-state index contributed by atoms with van der Waals surface area (Å²) in [6, 6.07) is 7.98. The van der Waals surface area contributed by atoms with Crippen molar-refractivity contribution in [2.75, 3.05) is 18.9 Å². The Bertz CT molecular complexity index is 390. The Morgan fingerprint density at radius 3 is 2.61 bits per heavy atom. The van der Waals surface area contributed by atoms with Crippen molar-refractivity contribution >= 4 is 11.6 Å². The summed E-state index contributed by atoms with van der Waals surface area (Å²) in [7, 11) is 1.87. The summed E-state index contributed by atoms with van der Waals surface area (Å²) in [6.45, 7) is 7.16. The minimum absolute atomic E-state index is 0.0866. The Kier molecular flexibility index (Phi) is 5.69. The van der Waals surface area contributed by atoms with E-state index in [0.717, 1.165) is 30.6 Å². The largest absolute Gasteiger partial charge is 0.384 e. The van der Waals surface area contributed by atoms with E-state index in [4.69, 9.17) is 0 Å². The van der Waals surface area contributed by atoms with E-state index in [-0.39, 0.29) is 11.9 Å². The van der Waals surface area contributed by atoms with E-state index < -0.39 is 0 Å². The summed E-state index contributed by atoms with van der Waals surface area (Å²) in [6.07, 6.45) is 2.01. The number of hydrogen-bond acceptors (Lipinski definition) is 2. The van der Waals surface area contributed by atoms with E-state index >= 15 is 0 Å². The highest BCUT2D eigenvalue weighted by Crippen LogP contribution is 2.18. The number of nitrogens with one attached hydrogen (secondary N) is 1. The number of amides is 1. The molecule has 0 radical (unpaired) electrons. The van der Waals surface area contributed by atoms with Crippen LogP contribution < -0.4 is 5.32 Å². The Hall–Kier alpha value is -1.51. The van der Waals surface area contributed by atoms with Crippen LogP contribution in [0.1, 0.15) is 44.0 Å². The number of carbonyl (C=O) groups is 1. The summed E-state index contributed by atoms with van der Waals surface area (Å²) in [4.78, 5) is 14.2. The topological polar surface area (TPSA) is 32.3 Å². The molecule has 0 aliphatic heterocycles. The minimum atomic E-state index is 0.0866. The lowest BCUT2D eigenvalue weighted by atomic mass is 10.1. The summed E-state index contributed by atoms with van der Waals surface area (Å²) in [5.74, 6) is 0.0866. The Balaban J connectivity index is 2.90. The van der Waals surface area contributed by atoms with Crippen LogP contribution >= 0.6 is 0 Å². The lowest BCUT2D eigenvalue weighted by molar-refractivity contribution is 0.0741. The lowest BCUT2D eigenvalue weighted by Gasteiger charge is -2.25. The standard InChI is InChI=1S/C15H24N2O/c1-5-11-16-14-10-8-7-9-13(14)15(18)17(4)12(3)6-2/h7-10,12,16H,5-6,11H2,1-4H3. The predicted molar refractivity (Wildman–Crippen MR) is 77.1 cm³/mol. The second-order valence-corrected chi connectivity index (χ2v) is 4.65. The van der Waals surface area contributed by atoms with Crippen molar-refractivity contribution < 1.29 is 4.79 Å². The van der Waals surface area contributed by atoms with Crippen molar-refractivity contribution in [2.45, 2.75) is 39.7 Å². The van der Waals surface area contributed by atoms with Gasteiger partial charge in [-0.05, 0) is 31.9 Å². The third kappa shape index (κ3) is 3.49. The molecule has 100 valence electrons. The fourth-order valence-corrected chi connectivity index (χ4v) is 1.75. The molecule has 0 aliphatic rings. The molecule has 1 N–H and O–H groups in total. The smallest absolute Gasteiger partial charge is 0.255 e. The van der Waals surface area contributed by atoms with E-state index in [1.165, 1.54) is 0 Å². The van der Waals surface area contributed by atoms with Crippen LogP contribution in [-0.2, 0) is 0 Å². The number of benzene rings is 1. The Morgan fingerprint density at radius 1 is 1.33 bits per heavy atom. The molecule has 0 aliphatic carbocycles. The molecule has 0 spiro atoms. The monoisotopic (exact) mass is 248 g/mol. The lowest BCUT2D eigenvalue weighted by Crippen LogP contribution is -2.35. The normalized spacial score (nSPS) is 12.0. The molecule has 3 nitrogen and oxygen atoms in total. The highest BCUT2D eigenvalue weighted by molar-refractivity contribution is 5.99. The molecule has 1 unspecified atom stereocenters. The van der Waals surface area contributed by atoms with E-state index in [1.807, 2.05) is 36.2 Å². The zero-order valence-electron chi connectivity index (χ0n) is 11.9. The van der Waals surface area contributed by atoms with Gasteiger partial charge in [0.1, 0.15) is 0 Å². The van der Waals surface area contributed by atoms with Gasteiger partial charge in [-0.3, -0.25) is 4.79 Å². The van der Waals surface area contributed by atoms with Crippen molar-refractivity contribution in [3.63, 3.8) is 0 Å². The summed E-state index contributed by atoms with van der Waals surface area (Å²) >= 11 is 0. The van der Waals surface area contributed by atoms with Crippen LogP contribution in [0.25, 0.3) is 0 Å². The van der Waals surface area contributed by atoms with Gasteiger partial charge in [0.25, 0.3) is 5.91 Å². The van der Waals surface area contributed by atoms with Crippen LogP contribution in [-0.4, -0.2) is 30.4 Å². The first-order valence-electron chi connectivity index (χ1n) is 6.71. The van der Waals surface area contributed by atoms with Gasteiger partial charge in [-0.25, -0.2) is 0 Å². The summed E-state index contributed by atoms with van der Waals surface area (Å²) in [5.41, 5.74) is 1.69. The van der Waals surface area contributed by atoms with Gasteiger partial charge in [-0.1, -0.05) is 26.0 Å². The number of rotatable bonds is 6. The number of para-hydroxylation sites is 1. The van der Waals surface area contributed by atoms with Crippen LogP contribution in [0.15, 0.2) is 24.3 Å². The Morgan fingerprint density at radius 2 is 2.00 bits per heavy atom. The molecular formula is C15H24N2O. The van der Waals surface area contributed by atoms with Crippen molar-refractivity contribution in [3.8, 4) is 0 Å². The van der Waals surface area contributed by atoms with Gasteiger partial charge < -0.3 is 10.2 Å². The summed E-state index contributed by atoms with van der Waals surface area (Å²) in [5, 5.41) is 3.31. The molecule has 0 saturated heterocycles. The first kappa shape index (κ1) is 14.6. The fourth-order valence-electron chi connectivity index (χ4n) is 1.75. The molecule has 18 heavy (non-hydrogen) atoms. The van der Waals surface area contributed by atoms with Gasteiger partial charge in [0.2, 0.25) is 0 Å². The quantitative estimate of drug-likeness (QED) is 0.837. The number of anilines is 1. The van der Waals surface area contributed by atoms with E-state index in [0.29, 0.717) is 0 Å². The molecule has 0 fully saturated rings. The summed E-state index contributed by atoms with van der Waals surface area (Å²) < 4.78 is 0. The van der Waals surface area contributed by atoms with Gasteiger partial charge in [0, 0.05) is 25.3 Å². The zero-order valence-corrected chi connectivity index (χ0v) is 11.9. The molecule has 1 aromatic carbocycles. The first-order valence-corrected chi connectivity index (χ1v) is 6.71. The maximum atomic E-state index is 12.4. The number of hydrogen-bond donors (Lipinski definition) is 1. The molecule has 0 aromatic heterocycles. The van der Waals surface area contributed by atoms with Crippen molar-refractivity contribution in [1.29, 1.82) is 0 Å². The molecule has 1 aromatic rings. The van der Waals surface area contributed by atoms with Crippen molar-refractivity contribution in [1.82, 2.24) is 4.90 Å². The van der Waals surface area contributed by atoms with Crippen molar-refractivity contribution in [3.05, 3.63) is 29.8 Å². The SMILES string of the molecule is CCCNc1ccccc1C(=O)N(C)C(C)CC. The third-order valence-electron chi connectivity index (χ3n) is 3.30. The second-order valence-electron chi connectivity index (χ2n) is 4.65. The maximum absolute atomic E-state index is 12.4. The van der Waals surface area contributed by atoms with Gasteiger partial charge in [-0.15, -0.1) is 0 Å². The molecule has 1 atom stereocenters. The third-order valence-corrected chi connectivity index (χ3v) is 3.30. The average Bonchev–Trinajstić information content (AvgIpc) is 2.42. The van der Waals surface area contributed by atoms with Gasteiger partial charge >= 0.3 is 0 Å². The molecule has 3 heteroatoms. The van der Waals surface area contributed by atoms with Crippen LogP contribution in [0.4, 0.5) is 5.69 Å². The van der Waals surface area contributed by atoms with Gasteiger partial charge in [0.15, 0.2) is 0 Å². The molecule has 1 amide bonds. The molecule has 0 heterocycles. The van der Waals surface area contributed by atoms with E-state index in [1.54, 1.807) is 0 Å². The maximum Gasteiger partial charge on any atom is 0.255 e. The fraction of sp³-hybridized carbons (Fsp3) is 0.533. The minimum Gasteiger partial charge on any atom is -0.384 e. The molecular weight excluding hydrogens is 224 g/mol. The average molecular weight is 248 g/mol. The van der Waals surface area contributed by atoms with Crippen LogP contribution in [0.3, 0.4) is 0 Å². The van der Waals surface area contributed by atoms with Gasteiger partial charge in [0.05, 0.1) is 5.56 Å². The predicted octanol–water partition coefficient (Wildman–Crippen LogP) is 3.38. The highest BCUT2D eigenvalue weighted by atomic mass is 16.2. The molecule has 0 bridgehead atoms. The van der Waals surface area contributed by atoms with Crippen molar-refractivity contribution in [2.24, 2.45) is 0 Å². The van der Waals surface area contributed by atoms with Crippen LogP contribution in [0.5, 0.6) is 0 Å². The first-order chi connectivity index (χ1) is 8.61. The zero-order chi connectivity index (χ0) is 13.5. The van der Waals surface area contributed by atoms with Gasteiger partial charge in [-0.2, -0.15) is 0 Å². The number of nitrogens with zero attached hydrogens (tertiary/aromatic N) is 1. The second kappa shape index (κ2) is 7.04. The Labute approximate surface area is 110 Å². The molecule has 1 rings (SSSR count). The van der Waals surface area contributed by atoms with E-state index in [2.05, 4.69) is 26.1 Å². The van der Waals surface area contributed by atoms with Crippen LogP contribution in [0, 0.1) is 0 Å². The molecule has 0 saturated carbocycles. The highest BCUT2D eigenvalue weighted by Gasteiger charge is 2.18. The van der Waals surface area contributed by atoms with E-state index in [9.17, 15) is 4.79 Å². The number of carbonyl (C=O) groups excluding carboxylic acids is 1. The van der Waals surface area contributed by atoms with Crippen LogP contribution in [0.2, 0.25) is 0 Å².